The first-order chi connectivity index (χ1) is 7.11. The van der Waals surface area contributed by atoms with Gasteiger partial charge < -0.3 is 10.2 Å². The van der Waals surface area contributed by atoms with Crippen LogP contribution in [0.5, 0.6) is 0 Å². The second-order valence-corrected chi connectivity index (χ2v) is 4.55. The highest BCUT2D eigenvalue weighted by Gasteiger charge is 2.05. The number of hydrogen-bond acceptors (Lipinski definition) is 3. The summed E-state index contributed by atoms with van der Waals surface area (Å²) >= 11 is 0. The Kier molecular flexibility index (Phi) is 4.85. The van der Waals surface area contributed by atoms with Crippen LogP contribution >= 0.6 is 0 Å². The molecule has 0 aliphatic heterocycles. The maximum Gasteiger partial charge on any atom is 0.118 e. The number of rotatable bonds is 6. The van der Waals surface area contributed by atoms with Gasteiger partial charge in [0.25, 0.3) is 0 Å². The fourth-order valence-corrected chi connectivity index (χ4v) is 1.44. The van der Waals surface area contributed by atoms with Crippen molar-refractivity contribution in [2.45, 2.75) is 33.4 Å². The Labute approximate surface area is 92.2 Å². The van der Waals surface area contributed by atoms with Gasteiger partial charge in [0.1, 0.15) is 5.76 Å². The molecule has 1 aromatic rings. The number of nitrogens with zero attached hydrogens (tertiary/aromatic N) is 1. The standard InChI is InChI=1S/C12H22N2O/c1-10(2)4-5-14(3)8-12-6-11(7-13)9-15-12/h6,9-10H,4-5,7-8,13H2,1-3H3. The number of hydrogen-bond donors (Lipinski definition) is 1. The minimum absolute atomic E-state index is 0.555. The second kappa shape index (κ2) is 5.93. The van der Waals surface area contributed by atoms with Gasteiger partial charge in [0, 0.05) is 12.1 Å². The molecule has 0 bridgehead atoms. The first-order valence-electron chi connectivity index (χ1n) is 5.56. The van der Waals surface area contributed by atoms with E-state index in [-0.39, 0.29) is 0 Å². The third-order valence-electron chi connectivity index (χ3n) is 2.46. The van der Waals surface area contributed by atoms with Crippen LogP contribution in [-0.4, -0.2) is 18.5 Å². The van der Waals surface area contributed by atoms with Crippen LogP contribution in [0.25, 0.3) is 0 Å². The molecule has 1 aromatic heterocycles. The molecule has 0 aromatic carbocycles. The van der Waals surface area contributed by atoms with Gasteiger partial charge in [0.05, 0.1) is 12.8 Å². The summed E-state index contributed by atoms with van der Waals surface area (Å²) in [6.45, 7) is 7.02. The molecular weight excluding hydrogens is 188 g/mol. The molecule has 0 radical (unpaired) electrons. The molecule has 3 nitrogen and oxygen atoms in total. The van der Waals surface area contributed by atoms with Crippen molar-refractivity contribution >= 4 is 0 Å². The van der Waals surface area contributed by atoms with E-state index in [1.165, 1.54) is 6.42 Å². The lowest BCUT2D eigenvalue weighted by Crippen LogP contribution is -2.19. The highest BCUT2D eigenvalue weighted by atomic mass is 16.3. The van der Waals surface area contributed by atoms with Crippen LogP contribution in [0.4, 0.5) is 0 Å². The van der Waals surface area contributed by atoms with Gasteiger partial charge in [-0.25, -0.2) is 0 Å². The predicted molar refractivity (Wildman–Crippen MR) is 62.4 cm³/mol. The summed E-state index contributed by atoms with van der Waals surface area (Å²) in [6.07, 6.45) is 2.96. The second-order valence-electron chi connectivity index (χ2n) is 4.55. The molecule has 0 saturated carbocycles. The average Bonchev–Trinajstić information content (AvgIpc) is 2.62. The molecule has 15 heavy (non-hydrogen) atoms. The predicted octanol–water partition coefficient (Wildman–Crippen LogP) is 2.22. The van der Waals surface area contributed by atoms with Crippen molar-refractivity contribution in [1.82, 2.24) is 4.90 Å². The van der Waals surface area contributed by atoms with Gasteiger partial charge in [-0.15, -0.1) is 0 Å². The van der Waals surface area contributed by atoms with Gasteiger partial charge in [0.2, 0.25) is 0 Å². The maximum absolute atomic E-state index is 5.52. The Hall–Kier alpha value is -0.800. The Bertz CT molecular complexity index is 281. The van der Waals surface area contributed by atoms with E-state index in [0.717, 1.165) is 30.3 Å². The molecule has 0 spiro atoms. The van der Waals surface area contributed by atoms with Gasteiger partial charge in [-0.3, -0.25) is 4.90 Å². The summed E-state index contributed by atoms with van der Waals surface area (Å²) in [5.41, 5.74) is 6.59. The van der Waals surface area contributed by atoms with Crippen molar-refractivity contribution in [2.24, 2.45) is 11.7 Å². The van der Waals surface area contributed by atoms with E-state index in [0.29, 0.717) is 6.54 Å². The van der Waals surface area contributed by atoms with Gasteiger partial charge in [0.15, 0.2) is 0 Å². The molecule has 1 heterocycles. The first-order valence-corrected chi connectivity index (χ1v) is 5.56. The summed E-state index contributed by atoms with van der Waals surface area (Å²) in [5, 5.41) is 0. The minimum atomic E-state index is 0.555. The van der Waals surface area contributed by atoms with Crippen molar-refractivity contribution in [2.75, 3.05) is 13.6 Å². The lowest BCUT2D eigenvalue weighted by Gasteiger charge is -2.16. The van der Waals surface area contributed by atoms with Crippen LogP contribution in [0, 0.1) is 5.92 Å². The SMILES string of the molecule is CC(C)CCN(C)Cc1cc(CN)co1. The van der Waals surface area contributed by atoms with Crippen molar-refractivity contribution in [3.05, 3.63) is 23.7 Å². The van der Waals surface area contributed by atoms with Crippen LogP contribution in [0.15, 0.2) is 16.7 Å². The molecule has 0 aliphatic carbocycles. The molecule has 0 amide bonds. The zero-order valence-electron chi connectivity index (χ0n) is 9.99. The van der Waals surface area contributed by atoms with E-state index in [9.17, 15) is 0 Å². The van der Waals surface area contributed by atoms with Gasteiger partial charge >= 0.3 is 0 Å². The maximum atomic E-state index is 5.52. The molecule has 0 unspecified atom stereocenters. The summed E-state index contributed by atoms with van der Waals surface area (Å²) in [7, 11) is 2.12. The molecule has 0 atom stereocenters. The normalized spacial score (nSPS) is 11.6. The largest absolute Gasteiger partial charge is 0.468 e. The highest BCUT2D eigenvalue weighted by molar-refractivity contribution is 5.12. The Morgan fingerprint density at radius 1 is 1.47 bits per heavy atom. The summed E-state index contributed by atoms with van der Waals surface area (Å²) in [5.74, 6) is 1.75. The van der Waals surface area contributed by atoms with Crippen molar-refractivity contribution < 1.29 is 4.42 Å². The highest BCUT2D eigenvalue weighted by Crippen LogP contribution is 2.10. The van der Waals surface area contributed by atoms with Gasteiger partial charge in [-0.1, -0.05) is 13.8 Å². The van der Waals surface area contributed by atoms with E-state index in [4.69, 9.17) is 10.2 Å². The van der Waals surface area contributed by atoms with Crippen LogP contribution in [0.2, 0.25) is 0 Å². The van der Waals surface area contributed by atoms with E-state index >= 15 is 0 Å². The zero-order chi connectivity index (χ0) is 11.3. The van der Waals surface area contributed by atoms with Crippen LogP contribution in [-0.2, 0) is 13.1 Å². The molecule has 3 heteroatoms. The molecule has 0 aliphatic rings. The van der Waals surface area contributed by atoms with Crippen LogP contribution in [0.1, 0.15) is 31.6 Å². The van der Waals surface area contributed by atoms with Crippen molar-refractivity contribution in [3.8, 4) is 0 Å². The van der Waals surface area contributed by atoms with Crippen LogP contribution in [0.3, 0.4) is 0 Å². The molecule has 2 N–H and O–H groups in total. The van der Waals surface area contributed by atoms with Gasteiger partial charge in [-0.05, 0) is 32.0 Å². The Morgan fingerprint density at radius 3 is 2.73 bits per heavy atom. The number of furan rings is 1. The molecule has 0 fully saturated rings. The average molecular weight is 210 g/mol. The monoisotopic (exact) mass is 210 g/mol. The van der Waals surface area contributed by atoms with Crippen LogP contribution < -0.4 is 5.73 Å². The molecule has 1 rings (SSSR count). The smallest absolute Gasteiger partial charge is 0.118 e. The topological polar surface area (TPSA) is 42.4 Å². The lowest BCUT2D eigenvalue weighted by molar-refractivity contribution is 0.278. The lowest BCUT2D eigenvalue weighted by atomic mass is 10.1. The third kappa shape index (κ3) is 4.49. The summed E-state index contributed by atoms with van der Waals surface area (Å²) in [4.78, 5) is 2.28. The first kappa shape index (κ1) is 12.3. The van der Waals surface area contributed by atoms with E-state index < -0.39 is 0 Å². The third-order valence-corrected chi connectivity index (χ3v) is 2.46. The fraction of sp³-hybridized carbons (Fsp3) is 0.667. The molecule has 86 valence electrons. The summed E-state index contributed by atoms with van der Waals surface area (Å²) in [6, 6.07) is 2.03. The Morgan fingerprint density at radius 2 is 2.20 bits per heavy atom. The minimum Gasteiger partial charge on any atom is -0.468 e. The quantitative estimate of drug-likeness (QED) is 0.783. The zero-order valence-corrected chi connectivity index (χ0v) is 9.99. The number of nitrogens with two attached hydrogens (primary N) is 1. The summed E-state index contributed by atoms with van der Waals surface area (Å²) < 4.78 is 5.41. The molecule has 0 saturated heterocycles. The fourth-order valence-electron chi connectivity index (χ4n) is 1.44. The molecular formula is C12H22N2O. The van der Waals surface area contributed by atoms with E-state index in [2.05, 4.69) is 25.8 Å². The van der Waals surface area contributed by atoms with Crippen molar-refractivity contribution in [3.63, 3.8) is 0 Å². The Balaban J connectivity index is 2.33. The van der Waals surface area contributed by atoms with Crippen molar-refractivity contribution in [1.29, 1.82) is 0 Å². The van der Waals surface area contributed by atoms with E-state index in [1.54, 1.807) is 6.26 Å². The van der Waals surface area contributed by atoms with Gasteiger partial charge in [-0.2, -0.15) is 0 Å². The van der Waals surface area contributed by atoms with E-state index in [1.807, 2.05) is 6.07 Å².